The molecule has 0 spiro atoms. The summed E-state index contributed by atoms with van der Waals surface area (Å²) in [5.41, 5.74) is 3.02. The Hall–Kier alpha value is -1.52. The number of hydrogen-bond donors (Lipinski definition) is 1. The highest BCUT2D eigenvalue weighted by Gasteiger charge is 2.09. The van der Waals surface area contributed by atoms with Gasteiger partial charge in [0, 0.05) is 24.2 Å². The average Bonchev–Trinajstić information content (AvgIpc) is 2.73. The van der Waals surface area contributed by atoms with Crippen molar-refractivity contribution >= 4 is 11.6 Å². The molecule has 0 radical (unpaired) electrons. The average molecular weight is 294 g/mol. The van der Waals surface area contributed by atoms with E-state index in [4.69, 9.17) is 16.3 Å². The van der Waals surface area contributed by atoms with E-state index in [0.29, 0.717) is 13.2 Å². The lowest BCUT2D eigenvalue weighted by molar-refractivity contribution is 0.291. The Morgan fingerprint density at radius 2 is 2.20 bits per heavy atom. The fourth-order valence-electron chi connectivity index (χ4n) is 2.05. The van der Waals surface area contributed by atoms with Gasteiger partial charge in [-0.05, 0) is 31.7 Å². The third kappa shape index (κ3) is 3.52. The third-order valence-corrected chi connectivity index (χ3v) is 3.46. The molecule has 4 nitrogen and oxygen atoms in total. The van der Waals surface area contributed by atoms with Crippen molar-refractivity contribution in [1.82, 2.24) is 15.1 Å². The molecule has 0 saturated carbocycles. The van der Waals surface area contributed by atoms with E-state index in [2.05, 4.69) is 17.3 Å². The molecule has 0 aliphatic carbocycles. The lowest BCUT2D eigenvalue weighted by Gasteiger charge is -2.13. The van der Waals surface area contributed by atoms with Crippen molar-refractivity contribution in [3.63, 3.8) is 0 Å². The lowest BCUT2D eigenvalue weighted by atomic mass is 10.2. The first-order valence-electron chi connectivity index (χ1n) is 6.72. The van der Waals surface area contributed by atoms with Crippen molar-refractivity contribution in [1.29, 1.82) is 0 Å². The van der Waals surface area contributed by atoms with Gasteiger partial charge in [-0.15, -0.1) is 0 Å². The van der Waals surface area contributed by atoms with Crippen LogP contribution in [-0.2, 0) is 20.2 Å². The normalized spacial score (nSPS) is 10.8. The van der Waals surface area contributed by atoms with E-state index < -0.39 is 0 Å². The summed E-state index contributed by atoms with van der Waals surface area (Å²) in [6.45, 7) is 6.12. The summed E-state index contributed by atoms with van der Waals surface area (Å²) in [5, 5.41) is 8.32. The molecule has 0 amide bonds. The minimum atomic E-state index is 0.483. The van der Waals surface area contributed by atoms with Gasteiger partial charge in [-0.25, -0.2) is 0 Å². The highest BCUT2D eigenvalue weighted by Crippen LogP contribution is 2.27. The van der Waals surface area contributed by atoms with Gasteiger partial charge in [0.05, 0.1) is 11.4 Å². The molecule has 1 heterocycles. The quantitative estimate of drug-likeness (QED) is 0.890. The first-order valence-corrected chi connectivity index (χ1v) is 7.10. The SMILES string of the molecule is CCNCc1c(Cl)cccc1OCc1cc(C)nn1C. The molecule has 20 heavy (non-hydrogen) atoms. The Morgan fingerprint density at radius 1 is 1.40 bits per heavy atom. The summed E-state index contributed by atoms with van der Waals surface area (Å²) >= 11 is 6.24. The van der Waals surface area contributed by atoms with Crippen LogP contribution in [0.4, 0.5) is 0 Å². The van der Waals surface area contributed by atoms with Crippen molar-refractivity contribution in [2.45, 2.75) is 27.0 Å². The molecule has 0 fully saturated rings. The number of aromatic nitrogens is 2. The summed E-state index contributed by atoms with van der Waals surface area (Å²) in [6, 6.07) is 7.76. The van der Waals surface area contributed by atoms with Crippen LogP contribution in [0.3, 0.4) is 0 Å². The van der Waals surface area contributed by atoms with Gasteiger partial charge in [0.25, 0.3) is 0 Å². The van der Waals surface area contributed by atoms with Crippen LogP contribution in [0.5, 0.6) is 5.75 Å². The molecule has 0 unspecified atom stereocenters. The van der Waals surface area contributed by atoms with Crippen LogP contribution >= 0.6 is 11.6 Å². The van der Waals surface area contributed by atoms with Crippen LogP contribution < -0.4 is 10.1 Å². The van der Waals surface area contributed by atoms with Crippen molar-refractivity contribution in [2.24, 2.45) is 7.05 Å². The fraction of sp³-hybridized carbons (Fsp3) is 0.400. The Kier molecular flexibility index (Phi) is 5.04. The summed E-state index contributed by atoms with van der Waals surface area (Å²) < 4.78 is 7.75. The molecule has 108 valence electrons. The number of nitrogens with one attached hydrogen (secondary N) is 1. The summed E-state index contributed by atoms with van der Waals surface area (Å²) in [7, 11) is 1.92. The van der Waals surface area contributed by atoms with E-state index in [1.165, 1.54) is 0 Å². The standard InChI is InChI=1S/C15H20ClN3O/c1-4-17-9-13-14(16)6-5-7-15(13)20-10-12-8-11(2)18-19(12)3/h5-8,17H,4,9-10H2,1-3H3. The number of benzene rings is 1. The minimum absolute atomic E-state index is 0.483. The van der Waals surface area contributed by atoms with Gasteiger partial charge in [0.2, 0.25) is 0 Å². The van der Waals surface area contributed by atoms with Crippen molar-refractivity contribution < 1.29 is 4.74 Å². The Labute approximate surface area is 124 Å². The van der Waals surface area contributed by atoms with E-state index in [1.807, 2.05) is 42.9 Å². The Bertz CT molecular complexity index is 580. The minimum Gasteiger partial charge on any atom is -0.487 e. The van der Waals surface area contributed by atoms with Crippen LogP contribution in [-0.4, -0.2) is 16.3 Å². The van der Waals surface area contributed by atoms with Crippen molar-refractivity contribution in [3.8, 4) is 5.75 Å². The van der Waals surface area contributed by atoms with Crippen molar-refractivity contribution in [3.05, 3.63) is 46.2 Å². The van der Waals surface area contributed by atoms with Crippen LogP contribution in [0, 0.1) is 6.92 Å². The van der Waals surface area contributed by atoms with E-state index in [-0.39, 0.29) is 0 Å². The molecule has 0 aliphatic heterocycles. The largest absolute Gasteiger partial charge is 0.487 e. The second kappa shape index (κ2) is 6.77. The van der Waals surface area contributed by atoms with E-state index in [9.17, 15) is 0 Å². The zero-order valence-corrected chi connectivity index (χ0v) is 12.9. The second-order valence-corrected chi connectivity index (χ2v) is 5.09. The predicted octanol–water partition coefficient (Wildman–Crippen LogP) is 3.07. The zero-order valence-electron chi connectivity index (χ0n) is 12.1. The van der Waals surface area contributed by atoms with Crippen LogP contribution in [0.15, 0.2) is 24.3 Å². The first kappa shape index (κ1) is 14.9. The fourth-order valence-corrected chi connectivity index (χ4v) is 2.28. The maximum absolute atomic E-state index is 6.24. The molecule has 1 aromatic heterocycles. The molecule has 1 N–H and O–H groups in total. The van der Waals surface area contributed by atoms with Gasteiger partial charge in [-0.3, -0.25) is 4.68 Å². The number of ether oxygens (including phenoxy) is 1. The van der Waals surface area contributed by atoms with Crippen LogP contribution in [0.1, 0.15) is 23.9 Å². The molecular weight excluding hydrogens is 274 g/mol. The van der Waals surface area contributed by atoms with Crippen molar-refractivity contribution in [2.75, 3.05) is 6.54 Å². The Balaban J connectivity index is 2.12. The van der Waals surface area contributed by atoms with E-state index in [1.54, 1.807) is 0 Å². The van der Waals surface area contributed by atoms with Gasteiger partial charge in [-0.2, -0.15) is 5.10 Å². The van der Waals surface area contributed by atoms with E-state index in [0.717, 1.165) is 34.3 Å². The second-order valence-electron chi connectivity index (χ2n) is 4.69. The van der Waals surface area contributed by atoms with Gasteiger partial charge >= 0.3 is 0 Å². The maximum Gasteiger partial charge on any atom is 0.130 e. The molecule has 2 aromatic rings. The molecular formula is C15H20ClN3O. The highest BCUT2D eigenvalue weighted by molar-refractivity contribution is 6.31. The molecule has 0 aliphatic rings. The summed E-state index contributed by atoms with van der Waals surface area (Å²) in [6.07, 6.45) is 0. The summed E-state index contributed by atoms with van der Waals surface area (Å²) in [4.78, 5) is 0. The molecule has 1 aromatic carbocycles. The van der Waals surface area contributed by atoms with Gasteiger partial charge in [0.1, 0.15) is 12.4 Å². The van der Waals surface area contributed by atoms with Gasteiger partial charge in [-0.1, -0.05) is 24.6 Å². The van der Waals surface area contributed by atoms with Gasteiger partial charge in [0.15, 0.2) is 0 Å². The predicted molar refractivity (Wildman–Crippen MR) is 81.1 cm³/mol. The molecule has 0 bridgehead atoms. The first-order chi connectivity index (χ1) is 9.61. The third-order valence-electron chi connectivity index (χ3n) is 3.10. The number of rotatable bonds is 6. The maximum atomic E-state index is 6.24. The molecule has 0 saturated heterocycles. The monoisotopic (exact) mass is 293 g/mol. The number of halogens is 1. The zero-order chi connectivity index (χ0) is 14.5. The number of hydrogen-bond acceptors (Lipinski definition) is 3. The van der Waals surface area contributed by atoms with Crippen LogP contribution in [0.2, 0.25) is 5.02 Å². The molecule has 0 atom stereocenters. The molecule has 5 heteroatoms. The number of nitrogens with zero attached hydrogens (tertiary/aromatic N) is 2. The smallest absolute Gasteiger partial charge is 0.130 e. The lowest BCUT2D eigenvalue weighted by Crippen LogP contribution is -2.13. The van der Waals surface area contributed by atoms with Crippen LogP contribution in [0.25, 0.3) is 0 Å². The number of aryl methyl sites for hydroxylation is 2. The van der Waals surface area contributed by atoms with Gasteiger partial charge < -0.3 is 10.1 Å². The molecule has 2 rings (SSSR count). The highest BCUT2D eigenvalue weighted by atomic mass is 35.5. The summed E-state index contributed by atoms with van der Waals surface area (Å²) in [5.74, 6) is 0.817. The Morgan fingerprint density at radius 3 is 2.85 bits per heavy atom. The topological polar surface area (TPSA) is 39.1 Å². The van der Waals surface area contributed by atoms with E-state index >= 15 is 0 Å².